The van der Waals surface area contributed by atoms with Gasteiger partial charge in [-0.05, 0) is 59.1 Å². The average Bonchev–Trinajstić information content (AvgIpc) is 3.47. The van der Waals surface area contributed by atoms with Crippen LogP contribution in [-0.4, -0.2) is 29.2 Å². The van der Waals surface area contributed by atoms with E-state index in [0.717, 1.165) is 18.4 Å². The van der Waals surface area contributed by atoms with Gasteiger partial charge in [-0.2, -0.15) is 0 Å². The number of hydrogen-bond donors (Lipinski definition) is 1. The van der Waals surface area contributed by atoms with Crippen molar-refractivity contribution in [1.82, 2.24) is 4.90 Å². The Bertz CT molecular complexity index is 1090. The van der Waals surface area contributed by atoms with Gasteiger partial charge in [0.2, 0.25) is 17.7 Å². The Balaban J connectivity index is 1.19. The van der Waals surface area contributed by atoms with E-state index >= 15 is 0 Å². The Kier molecular flexibility index (Phi) is 3.40. The number of rotatable bonds is 3. The number of nitrogens with one attached hydrogen (secondary N) is 1. The van der Waals surface area contributed by atoms with Gasteiger partial charge in [0.25, 0.3) is 0 Å². The van der Waals surface area contributed by atoms with E-state index in [4.69, 9.17) is 0 Å². The number of carbonyl (C=O) groups excluding carboxylic acids is 3. The quantitative estimate of drug-likeness (QED) is 0.558. The van der Waals surface area contributed by atoms with Crippen LogP contribution in [0.25, 0.3) is 11.1 Å². The second-order valence-corrected chi connectivity index (χ2v) is 8.52. The lowest BCUT2D eigenvalue weighted by atomic mass is 9.85. The fraction of sp³-hybridized carbons (Fsp3) is 0.292. The van der Waals surface area contributed by atoms with Gasteiger partial charge in [0, 0.05) is 5.69 Å². The third-order valence-corrected chi connectivity index (χ3v) is 6.95. The molecule has 4 aliphatic rings. The first-order chi connectivity index (χ1) is 14.1. The van der Waals surface area contributed by atoms with Gasteiger partial charge in [-0.1, -0.05) is 42.5 Å². The van der Waals surface area contributed by atoms with E-state index < -0.39 is 0 Å². The van der Waals surface area contributed by atoms with Crippen molar-refractivity contribution in [1.29, 1.82) is 0 Å². The van der Waals surface area contributed by atoms with Crippen molar-refractivity contribution in [2.75, 3.05) is 11.9 Å². The van der Waals surface area contributed by atoms with Crippen molar-refractivity contribution >= 4 is 23.4 Å². The van der Waals surface area contributed by atoms with Crippen molar-refractivity contribution in [3.8, 4) is 11.1 Å². The number of anilines is 1. The summed E-state index contributed by atoms with van der Waals surface area (Å²) in [6.07, 6.45) is 5.91. The Hall–Kier alpha value is -3.21. The molecule has 1 saturated carbocycles. The molecule has 144 valence electrons. The van der Waals surface area contributed by atoms with Crippen LogP contribution in [0.2, 0.25) is 0 Å². The highest BCUT2D eigenvalue weighted by Crippen LogP contribution is 2.52. The predicted molar refractivity (Wildman–Crippen MR) is 108 cm³/mol. The highest BCUT2D eigenvalue weighted by molar-refractivity contribution is 6.09. The smallest absolute Gasteiger partial charge is 0.244 e. The summed E-state index contributed by atoms with van der Waals surface area (Å²) in [5.74, 6) is -0.913. The summed E-state index contributed by atoms with van der Waals surface area (Å²) in [5.41, 5.74) is 5.54. The molecule has 0 unspecified atom stereocenters. The third kappa shape index (κ3) is 2.36. The van der Waals surface area contributed by atoms with Crippen molar-refractivity contribution in [2.45, 2.75) is 12.8 Å². The van der Waals surface area contributed by atoms with Gasteiger partial charge in [0.05, 0.1) is 11.8 Å². The summed E-state index contributed by atoms with van der Waals surface area (Å²) in [6, 6.07) is 14.2. The molecule has 2 bridgehead atoms. The third-order valence-electron chi connectivity index (χ3n) is 6.95. The largest absolute Gasteiger partial charge is 0.325 e. The zero-order chi connectivity index (χ0) is 19.7. The summed E-state index contributed by atoms with van der Waals surface area (Å²) in [6.45, 7) is -0.211. The molecule has 4 atom stereocenters. The maximum Gasteiger partial charge on any atom is 0.244 e. The summed E-state index contributed by atoms with van der Waals surface area (Å²) < 4.78 is 0. The minimum Gasteiger partial charge on any atom is -0.325 e. The molecule has 1 heterocycles. The summed E-state index contributed by atoms with van der Waals surface area (Å²) in [5, 5.41) is 2.87. The number of amides is 3. The monoisotopic (exact) mass is 384 g/mol. The summed E-state index contributed by atoms with van der Waals surface area (Å²) in [7, 11) is 0. The number of fused-ring (bicyclic) bond motifs is 8. The first-order valence-electron chi connectivity index (χ1n) is 10.1. The maximum atomic E-state index is 12.8. The topological polar surface area (TPSA) is 66.5 Å². The highest BCUT2D eigenvalue weighted by Gasteiger charge is 2.59. The second kappa shape index (κ2) is 5.89. The van der Waals surface area contributed by atoms with Crippen LogP contribution in [-0.2, 0) is 20.8 Å². The van der Waals surface area contributed by atoms with Crippen molar-refractivity contribution in [3.63, 3.8) is 0 Å². The molecule has 2 aromatic rings. The number of imide groups is 1. The van der Waals surface area contributed by atoms with Crippen LogP contribution in [0.1, 0.15) is 17.5 Å². The van der Waals surface area contributed by atoms with E-state index in [1.54, 1.807) is 0 Å². The zero-order valence-electron chi connectivity index (χ0n) is 15.8. The number of benzene rings is 2. The molecule has 2 aromatic carbocycles. The molecule has 1 N–H and O–H groups in total. The molecule has 1 aliphatic heterocycles. The van der Waals surface area contributed by atoms with Crippen LogP contribution in [0.5, 0.6) is 0 Å². The Morgan fingerprint density at radius 3 is 2.38 bits per heavy atom. The van der Waals surface area contributed by atoms with Gasteiger partial charge in [-0.25, -0.2) is 0 Å². The van der Waals surface area contributed by atoms with Gasteiger partial charge < -0.3 is 5.32 Å². The lowest BCUT2D eigenvalue weighted by molar-refractivity contribution is -0.143. The molecular weight excluding hydrogens is 364 g/mol. The van der Waals surface area contributed by atoms with E-state index in [1.165, 1.54) is 21.6 Å². The SMILES string of the molecule is O=C(CN1C(=O)[C@@H]2[C@H](C1=O)[C@@H]1C=C[C@@H]2C1)Nc1ccc2c(c1)-c1ccccc1C2. The van der Waals surface area contributed by atoms with Gasteiger partial charge in [0.1, 0.15) is 6.54 Å². The number of nitrogens with zero attached hydrogens (tertiary/aromatic N) is 1. The van der Waals surface area contributed by atoms with Gasteiger partial charge in [0.15, 0.2) is 0 Å². The van der Waals surface area contributed by atoms with Gasteiger partial charge in [-0.3, -0.25) is 19.3 Å². The molecule has 0 spiro atoms. The van der Waals surface area contributed by atoms with Crippen LogP contribution in [0.15, 0.2) is 54.6 Å². The van der Waals surface area contributed by atoms with Crippen molar-refractivity contribution in [3.05, 3.63) is 65.7 Å². The molecule has 0 radical (unpaired) electrons. The molecule has 29 heavy (non-hydrogen) atoms. The summed E-state index contributed by atoms with van der Waals surface area (Å²) in [4.78, 5) is 39.3. The Labute approximate surface area is 168 Å². The molecule has 3 amide bonds. The van der Waals surface area contributed by atoms with E-state index in [1.807, 2.05) is 30.3 Å². The predicted octanol–water partition coefficient (Wildman–Crippen LogP) is 3.00. The fourth-order valence-electron chi connectivity index (χ4n) is 5.67. The lowest BCUT2D eigenvalue weighted by Crippen LogP contribution is -2.39. The number of likely N-dealkylation sites (tertiary alicyclic amines) is 1. The van der Waals surface area contributed by atoms with Crippen LogP contribution < -0.4 is 5.32 Å². The molecule has 5 nitrogen and oxygen atoms in total. The first kappa shape index (κ1) is 16.7. The highest BCUT2D eigenvalue weighted by atomic mass is 16.2. The molecule has 1 saturated heterocycles. The number of allylic oxidation sites excluding steroid dienone is 2. The minimum atomic E-state index is -0.335. The van der Waals surface area contributed by atoms with Crippen LogP contribution in [0.3, 0.4) is 0 Å². The van der Waals surface area contributed by atoms with Crippen molar-refractivity contribution < 1.29 is 14.4 Å². The molecule has 3 aliphatic carbocycles. The van der Waals surface area contributed by atoms with Crippen molar-refractivity contribution in [2.24, 2.45) is 23.7 Å². The number of hydrogen-bond acceptors (Lipinski definition) is 3. The molecule has 6 rings (SSSR count). The van der Waals surface area contributed by atoms with Crippen LogP contribution in [0.4, 0.5) is 5.69 Å². The fourth-order valence-corrected chi connectivity index (χ4v) is 5.67. The molecular formula is C24H20N2O3. The number of carbonyl (C=O) groups is 3. The molecule has 2 fully saturated rings. The van der Waals surface area contributed by atoms with E-state index in [-0.39, 0.29) is 47.9 Å². The Morgan fingerprint density at radius 2 is 1.62 bits per heavy atom. The summed E-state index contributed by atoms with van der Waals surface area (Å²) >= 11 is 0. The first-order valence-corrected chi connectivity index (χ1v) is 10.1. The van der Waals surface area contributed by atoms with E-state index in [2.05, 4.69) is 29.6 Å². The molecule has 5 heteroatoms. The second-order valence-electron chi connectivity index (χ2n) is 8.52. The standard InChI is InChI=1S/C24H20N2O3/c27-20(12-26-23(28)21-15-5-6-16(10-15)22(21)24(26)29)25-17-8-7-14-9-13-3-1-2-4-18(13)19(14)11-17/h1-8,11,15-16,21-22H,9-10,12H2,(H,25,27)/t15-,16-,21-,22+/m1/s1. The van der Waals surface area contributed by atoms with Gasteiger partial charge in [-0.15, -0.1) is 0 Å². The minimum absolute atomic E-state index is 0.159. The van der Waals surface area contributed by atoms with Gasteiger partial charge >= 0.3 is 0 Å². The molecule has 0 aromatic heterocycles. The van der Waals surface area contributed by atoms with E-state index in [0.29, 0.717) is 5.69 Å². The Morgan fingerprint density at radius 1 is 0.931 bits per heavy atom. The zero-order valence-corrected chi connectivity index (χ0v) is 15.8. The normalized spacial score (nSPS) is 27.9. The maximum absolute atomic E-state index is 12.8. The lowest BCUT2D eigenvalue weighted by Gasteiger charge is -2.17. The van der Waals surface area contributed by atoms with Crippen LogP contribution >= 0.6 is 0 Å². The average molecular weight is 384 g/mol. The van der Waals surface area contributed by atoms with Crippen LogP contribution in [0, 0.1) is 23.7 Å². The van der Waals surface area contributed by atoms with E-state index in [9.17, 15) is 14.4 Å².